The summed E-state index contributed by atoms with van der Waals surface area (Å²) >= 11 is 6.12. The SMILES string of the molecule is CCCn1cc(C(N)c2ccc(C)c(Cl)c2)cn1. The summed E-state index contributed by atoms with van der Waals surface area (Å²) in [5.41, 5.74) is 9.33. The smallest absolute Gasteiger partial charge is 0.0583 e. The van der Waals surface area contributed by atoms with E-state index in [1.165, 1.54) is 0 Å². The second-order valence-corrected chi connectivity index (χ2v) is 4.93. The van der Waals surface area contributed by atoms with Crippen molar-refractivity contribution in [3.8, 4) is 0 Å². The zero-order valence-corrected chi connectivity index (χ0v) is 11.5. The van der Waals surface area contributed by atoms with Gasteiger partial charge in [-0.05, 0) is 30.5 Å². The predicted octanol–water partition coefficient (Wildman–Crippen LogP) is 3.30. The molecule has 18 heavy (non-hydrogen) atoms. The lowest BCUT2D eigenvalue weighted by atomic mass is 10.0. The molecule has 0 saturated heterocycles. The molecule has 0 radical (unpaired) electrons. The van der Waals surface area contributed by atoms with Gasteiger partial charge < -0.3 is 5.73 Å². The fraction of sp³-hybridized carbons (Fsp3) is 0.357. The molecule has 4 heteroatoms. The molecule has 2 N–H and O–H groups in total. The third-order valence-electron chi connectivity index (χ3n) is 3.02. The lowest BCUT2D eigenvalue weighted by Crippen LogP contribution is -2.11. The average Bonchev–Trinajstić information content (AvgIpc) is 2.81. The van der Waals surface area contributed by atoms with Crippen molar-refractivity contribution in [2.75, 3.05) is 0 Å². The third-order valence-corrected chi connectivity index (χ3v) is 3.43. The normalized spacial score (nSPS) is 12.7. The first-order valence-electron chi connectivity index (χ1n) is 6.15. The van der Waals surface area contributed by atoms with Crippen LogP contribution in [0.5, 0.6) is 0 Å². The summed E-state index contributed by atoms with van der Waals surface area (Å²) in [7, 11) is 0. The number of hydrogen-bond acceptors (Lipinski definition) is 2. The van der Waals surface area contributed by atoms with Crippen LogP contribution in [0.4, 0.5) is 0 Å². The molecular weight excluding hydrogens is 246 g/mol. The number of nitrogens with two attached hydrogens (primary N) is 1. The minimum absolute atomic E-state index is 0.172. The maximum Gasteiger partial charge on any atom is 0.0583 e. The van der Waals surface area contributed by atoms with E-state index >= 15 is 0 Å². The van der Waals surface area contributed by atoms with Crippen molar-refractivity contribution in [3.05, 3.63) is 52.3 Å². The Kier molecular flexibility index (Phi) is 4.04. The van der Waals surface area contributed by atoms with E-state index in [4.69, 9.17) is 17.3 Å². The fourth-order valence-corrected chi connectivity index (χ4v) is 2.08. The summed E-state index contributed by atoms with van der Waals surface area (Å²) in [6.45, 7) is 5.03. The van der Waals surface area contributed by atoms with Crippen molar-refractivity contribution in [1.82, 2.24) is 9.78 Å². The van der Waals surface area contributed by atoms with Crippen LogP contribution in [0.1, 0.15) is 36.1 Å². The second kappa shape index (κ2) is 5.55. The van der Waals surface area contributed by atoms with Crippen LogP contribution >= 0.6 is 11.6 Å². The van der Waals surface area contributed by atoms with Crippen molar-refractivity contribution in [3.63, 3.8) is 0 Å². The maximum absolute atomic E-state index is 6.23. The average molecular weight is 264 g/mol. The highest BCUT2D eigenvalue weighted by molar-refractivity contribution is 6.31. The zero-order chi connectivity index (χ0) is 13.1. The minimum Gasteiger partial charge on any atom is -0.320 e. The van der Waals surface area contributed by atoms with Crippen LogP contribution in [-0.2, 0) is 6.54 Å². The zero-order valence-electron chi connectivity index (χ0n) is 10.7. The van der Waals surface area contributed by atoms with Crippen LogP contribution in [0.2, 0.25) is 5.02 Å². The lowest BCUT2D eigenvalue weighted by Gasteiger charge is -2.11. The van der Waals surface area contributed by atoms with E-state index in [9.17, 15) is 0 Å². The van der Waals surface area contributed by atoms with Crippen molar-refractivity contribution in [2.45, 2.75) is 32.9 Å². The maximum atomic E-state index is 6.23. The molecule has 1 aromatic carbocycles. The van der Waals surface area contributed by atoms with Gasteiger partial charge in [-0.2, -0.15) is 5.10 Å². The lowest BCUT2D eigenvalue weighted by molar-refractivity contribution is 0.602. The molecule has 1 aromatic heterocycles. The molecule has 0 saturated carbocycles. The van der Waals surface area contributed by atoms with Gasteiger partial charge in [-0.1, -0.05) is 30.7 Å². The molecule has 2 rings (SSSR count). The van der Waals surface area contributed by atoms with E-state index in [0.29, 0.717) is 0 Å². The van der Waals surface area contributed by atoms with Crippen LogP contribution in [-0.4, -0.2) is 9.78 Å². The first-order chi connectivity index (χ1) is 8.61. The number of rotatable bonds is 4. The number of nitrogens with zero attached hydrogens (tertiary/aromatic N) is 2. The molecule has 0 spiro atoms. The standard InChI is InChI=1S/C14H18ClN3/c1-3-6-18-9-12(8-17-18)14(16)11-5-4-10(2)13(15)7-11/h4-5,7-9,14H,3,6,16H2,1-2H3. The van der Waals surface area contributed by atoms with Crippen molar-refractivity contribution < 1.29 is 0 Å². The van der Waals surface area contributed by atoms with Gasteiger partial charge in [0.25, 0.3) is 0 Å². The Labute approximate surface area is 113 Å². The molecule has 0 fully saturated rings. The first kappa shape index (κ1) is 13.1. The Balaban J connectivity index is 2.23. The van der Waals surface area contributed by atoms with Crippen molar-refractivity contribution in [2.24, 2.45) is 5.73 Å². The van der Waals surface area contributed by atoms with E-state index in [2.05, 4.69) is 12.0 Å². The minimum atomic E-state index is -0.172. The molecule has 0 aliphatic heterocycles. The summed E-state index contributed by atoms with van der Waals surface area (Å²) in [6, 6.07) is 5.77. The molecule has 0 bridgehead atoms. The van der Waals surface area contributed by atoms with Gasteiger partial charge in [0.05, 0.1) is 12.2 Å². The number of aryl methyl sites for hydroxylation is 2. The number of hydrogen-bond donors (Lipinski definition) is 1. The van der Waals surface area contributed by atoms with Crippen LogP contribution in [0.3, 0.4) is 0 Å². The van der Waals surface area contributed by atoms with Crippen LogP contribution < -0.4 is 5.73 Å². The quantitative estimate of drug-likeness (QED) is 0.920. The molecule has 2 aromatic rings. The van der Waals surface area contributed by atoms with Gasteiger partial charge >= 0.3 is 0 Å². The molecule has 0 aliphatic carbocycles. The van der Waals surface area contributed by atoms with Crippen LogP contribution in [0, 0.1) is 6.92 Å². The summed E-state index contributed by atoms with van der Waals surface area (Å²) in [5, 5.41) is 5.05. The number of benzene rings is 1. The number of halogens is 1. The van der Waals surface area contributed by atoms with Gasteiger partial charge in [-0.3, -0.25) is 4.68 Å². The van der Waals surface area contributed by atoms with Crippen molar-refractivity contribution in [1.29, 1.82) is 0 Å². The summed E-state index contributed by atoms with van der Waals surface area (Å²) in [6.07, 6.45) is 4.89. The summed E-state index contributed by atoms with van der Waals surface area (Å²) in [5.74, 6) is 0. The molecule has 3 nitrogen and oxygen atoms in total. The molecular formula is C14H18ClN3. The Hall–Kier alpha value is -1.32. The van der Waals surface area contributed by atoms with Gasteiger partial charge in [0, 0.05) is 23.3 Å². The Morgan fingerprint density at radius 2 is 2.17 bits per heavy atom. The van der Waals surface area contributed by atoms with E-state index in [-0.39, 0.29) is 6.04 Å². The van der Waals surface area contributed by atoms with E-state index in [1.807, 2.05) is 42.2 Å². The first-order valence-corrected chi connectivity index (χ1v) is 6.53. The largest absolute Gasteiger partial charge is 0.320 e. The topological polar surface area (TPSA) is 43.8 Å². The molecule has 0 aliphatic rings. The Bertz CT molecular complexity index is 534. The third kappa shape index (κ3) is 2.74. The molecule has 0 amide bonds. The van der Waals surface area contributed by atoms with Crippen LogP contribution in [0.15, 0.2) is 30.6 Å². The van der Waals surface area contributed by atoms with E-state index < -0.39 is 0 Å². The molecule has 96 valence electrons. The Morgan fingerprint density at radius 1 is 1.39 bits per heavy atom. The monoisotopic (exact) mass is 263 g/mol. The molecule has 1 unspecified atom stereocenters. The van der Waals surface area contributed by atoms with Gasteiger partial charge in [0.15, 0.2) is 0 Å². The van der Waals surface area contributed by atoms with Gasteiger partial charge in [0.2, 0.25) is 0 Å². The molecule has 1 heterocycles. The highest BCUT2D eigenvalue weighted by Gasteiger charge is 2.12. The number of aromatic nitrogens is 2. The van der Waals surface area contributed by atoms with Gasteiger partial charge in [0.1, 0.15) is 0 Å². The second-order valence-electron chi connectivity index (χ2n) is 4.52. The summed E-state index contributed by atoms with van der Waals surface area (Å²) in [4.78, 5) is 0. The van der Waals surface area contributed by atoms with Gasteiger partial charge in [-0.15, -0.1) is 0 Å². The van der Waals surface area contributed by atoms with Crippen molar-refractivity contribution >= 4 is 11.6 Å². The van der Waals surface area contributed by atoms with E-state index in [1.54, 1.807) is 0 Å². The van der Waals surface area contributed by atoms with Gasteiger partial charge in [-0.25, -0.2) is 0 Å². The van der Waals surface area contributed by atoms with E-state index in [0.717, 1.165) is 34.7 Å². The summed E-state index contributed by atoms with van der Waals surface area (Å²) < 4.78 is 1.92. The van der Waals surface area contributed by atoms with Crippen LogP contribution in [0.25, 0.3) is 0 Å². The highest BCUT2D eigenvalue weighted by atomic mass is 35.5. The molecule has 1 atom stereocenters. The predicted molar refractivity (Wildman–Crippen MR) is 74.7 cm³/mol. The fourth-order valence-electron chi connectivity index (χ4n) is 1.89. The Morgan fingerprint density at radius 3 is 2.83 bits per heavy atom. The highest BCUT2D eigenvalue weighted by Crippen LogP contribution is 2.24.